The Hall–Kier alpha value is -1.68. The molecule has 0 aliphatic rings. The van der Waals surface area contributed by atoms with Crippen molar-refractivity contribution in [1.82, 2.24) is 14.7 Å². The average Bonchev–Trinajstić information content (AvgIpc) is 2.59. The lowest BCUT2D eigenvalue weighted by Crippen LogP contribution is -2.08. The van der Waals surface area contributed by atoms with Gasteiger partial charge in [0.2, 0.25) is 0 Å². The summed E-state index contributed by atoms with van der Waals surface area (Å²) >= 11 is 0. The van der Waals surface area contributed by atoms with Crippen LogP contribution >= 0.6 is 0 Å². The van der Waals surface area contributed by atoms with Gasteiger partial charge in [0, 0.05) is 6.20 Å². The first-order chi connectivity index (χ1) is 7.27. The van der Waals surface area contributed by atoms with E-state index in [0.29, 0.717) is 12.2 Å². The normalized spacial score (nSPS) is 10.8. The third kappa shape index (κ3) is 1.53. The summed E-state index contributed by atoms with van der Waals surface area (Å²) in [5.41, 5.74) is 2.48. The van der Waals surface area contributed by atoms with E-state index in [9.17, 15) is 4.79 Å². The van der Waals surface area contributed by atoms with Crippen LogP contribution in [-0.4, -0.2) is 22.7 Å². The van der Waals surface area contributed by atoms with E-state index in [1.807, 2.05) is 36.7 Å². The second kappa shape index (κ2) is 3.82. The van der Waals surface area contributed by atoms with E-state index in [-0.39, 0.29) is 0 Å². The Morgan fingerprint density at radius 1 is 1.60 bits per heavy atom. The Bertz CT molecular complexity index is 502. The van der Waals surface area contributed by atoms with Crippen LogP contribution in [0.5, 0.6) is 0 Å². The van der Waals surface area contributed by atoms with Crippen LogP contribution in [0.2, 0.25) is 0 Å². The largest absolute Gasteiger partial charge is 0.313 e. The van der Waals surface area contributed by atoms with Crippen molar-refractivity contribution in [2.45, 2.75) is 13.5 Å². The van der Waals surface area contributed by atoms with E-state index in [1.165, 1.54) is 0 Å². The SMILES string of the molecule is CNCc1nc(C=O)c2c(C)cccn12. The molecular weight excluding hydrogens is 190 g/mol. The summed E-state index contributed by atoms with van der Waals surface area (Å²) in [6.45, 7) is 2.63. The lowest BCUT2D eigenvalue weighted by molar-refractivity contribution is 0.112. The molecule has 0 saturated heterocycles. The zero-order valence-electron chi connectivity index (χ0n) is 8.82. The van der Waals surface area contributed by atoms with Gasteiger partial charge in [-0.3, -0.25) is 4.79 Å². The number of pyridine rings is 1. The fraction of sp³-hybridized carbons (Fsp3) is 0.273. The minimum atomic E-state index is 0.512. The third-order valence-electron chi connectivity index (χ3n) is 2.41. The fourth-order valence-corrected chi connectivity index (χ4v) is 1.77. The van der Waals surface area contributed by atoms with Crippen LogP contribution in [0.15, 0.2) is 18.3 Å². The lowest BCUT2D eigenvalue weighted by atomic mass is 10.2. The van der Waals surface area contributed by atoms with Crippen LogP contribution in [0.25, 0.3) is 5.52 Å². The summed E-state index contributed by atoms with van der Waals surface area (Å²) in [4.78, 5) is 15.2. The van der Waals surface area contributed by atoms with Crippen LogP contribution in [-0.2, 0) is 6.54 Å². The number of carbonyl (C=O) groups is 1. The van der Waals surface area contributed by atoms with Crippen LogP contribution in [0, 0.1) is 6.92 Å². The second-order valence-electron chi connectivity index (χ2n) is 3.47. The minimum Gasteiger partial charge on any atom is -0.313 e. The Labute approximate surface area is 87.9 Å². The number of nitrogens with zero attached hydrogens (tertiary/aromatic N) is 2. The smallest absolute Gasteiger partial charge is 0.170 e. The maximum Gasteiger partial charge on any atom is 0.170 e. The lowest BCUT2D eigenvalue weighted by Gasteiger charge is -2.01. The van der Waals surface area contributed by atoms with Crippen molar-refractivity contribution < 1.29 is 4.79 Å². The molecule has 4 nitrogen and oxygen atoms in total. The van der Waals surface area contributed by atoms with Crippen molar-refractivity contribution in [3.8, 4) is 0 Å². The molecule has 1 N–H and O–H groups in total. The van der Waals surface area contributed by atoms with Gasteiger partial charge in [-0.1, -0.05) is 6.07 Å². The van der Waals surface area contributed by atoms with E-state index in [2.05, 4.69) is 10.3 Å². The number of aryl methyl sites for hydroxylation is 1. The zero-order valence-corrected chi connectivity index (χ0v) is 8.82. The molecule has 0 bridgehead atoms. The average molecular weight is 203 g/mol. The molecule has 2 aromatic rings. The van der Waals surface area contributed by atoms with Gasteiger partial charge in [0.05, 0.1) is 12.1 Å². The number of hydrogen-bond acceptors (Lipinski definition) is 3. The fourth-order valence-electron chi connectivity index (χ4n) is 1.77. The summed E-state index contributed by atoms with van der Waals surface area (Å²) < 4.78 is 1.95. The standard InChI is InChI=1S/C11H13N3O/c1-8-4-3-5-14-10(6-12-2)13-9(7-15)11(8)14/h3-5,7,12H,6H2,1-2H3. The van der Waals surface area contributed by atoms with Gasteiger partial charge in [0.1, 0.15) is 11.5 Å². The molecule has 2 rings (SSSR count). The van der Waals surface area contributed by atoms with Gasteiger partial charge >= 0.3 is 0 Å². The van der Waals surface area contributed by atoms with Gasteiger partial charge in [0.25, 0.3) is 0 Å². The zero-order chi connectivity index (χ0) is 10.8. The number of aromatic nitrogens is 2. The molecule has 2 heterocycles. The van der Waals surface area contributed by atoms with Gasteiger partial charge in [-0.05, 0) is 25.6 Å². The quantitative estimate of drug-likeness (QED) is 0.762. The predicted octanol–water partition coefficient (Wildman–Crippen LogP) is 1.17. The predicted molar refractivity (Wildman–Crippen MR) is 58.1 cm³/mol. The van der Waals surface area contributed by atoms with Crippen LogP contribution in [0.3, 0.4) is 0 Å². The Kier molecular flexibility index (Phi) is 2.51. The van der Waals surface area contributed by atoms with E-state index < -0.39 is 0 Å². The highest BCUT2D eigenvalue weighted by Gasteiger charge is 2.10. The van der Waals surface area contributed by atoms with Gasteiger partial charge in [-0.2, -0.15) is 0 Å². The highest BCUT2D eigenvalue weighted by molar-refractivity contribution is 5.85. The number of carbonyl (C=O) groups excluding carboxylic acids is 1. The van der Waals surface area contributed by atoms with Crippen molar-refractivity contribution in [3.63, 3.8) is 0 Å². The molecule has 78 valence electrons. The van der Waals surface area contributed by atoms with Crippen LogP contribution < -0.4 is 5.32 Å². The van der Waals surface area contributed by atoms with Gasteiger partial charge in [0.15, 0.2) is 6.29 Å². The van der Waals surface area contributed by atoms with E-state index in [0.717, 1.165) is 23.2 Å². The van der Waals surface area contributed by atoms with Crippen molar-refractivity contribution >= 4 is 11.8 Å². The van der Waals surface area contributed by atoms with Gasteiger partial charge in [-0.15, -0.1) is 0 Å². The first-order valence-corrected chi connectivity index (χ1v) is 4.84. The molecule has 0 atom stereocenters. The summed E-state index contributed by atoms with van der Waals surface area (Å²) in [6.07, 6.45) is 2.73. The van der Waals surface area contributed by atoms with E-state index in [4.69, 9.17) is 0 Å². The highest BCUT2D eigenvalue weighted by Crippen LogP contribution is 2.15. The van der Waals surface area contributed by atoms with Gasteiger partial charge in [-0.25, -0.2) is 4.98 Å². The summed E-state index contributed by atoms with van der Waals surface area (Å²) in [5, 5.41) is 3.03. The monoisotopic (exact) mass is 203 g/mol. The summed E-state index contributed by atoms with van der Waals surface area (Å²) in [5.74, 6) is 0.860. The summed E-state index contributed by atoms with van der Waals surface area (Å²) in [6, 6.07) is 3.94. The molecule has 0 aromatic carbocycles. The van der Waals surface area contributed by atoms with Crippen molar-refractivity contribution in [2.75, 3.05) is 7.05 Å². The number of hydrogen-bond donors (Lipinski definition) is 1. The number of imidazole rings is 1. The number of nitrogens with one attached hydrogen (secondary N) is 1. The van der Waals surface area contributed by atoms with Crippen molar-refractivity contribution in [3.05, 3.63) is 35.4 Å². The molecule has 0 aliphatic heterocycles. The molecule has 0 radical (unpaired) electrons. The first-order valence-electron chi connectivity index (χ1n) is 4.84. The highest BCUT2D eigenvalue weighted by atomic mass is 16.1. The maximum absolute atomic E-state index is 10.9. The molecule has 0 amide bonds. The number of fused-ring (bicyclic) bond motifs is 1. The third-order valence-corrected chi connectivity index (χ3v) is 2.41. The van der Waals surface area contributed by atoms with Gasteiger partial charge < -0.3 is 9.72 Å². The van der Waals surface area contributed by atoms with E-state index >= 15 is 0 Å². The number of rotatable bonds is 3. The Balaban J connectivity index is 2.75. The van der Waals surface area contributed by atoms with E-state index in [1.54, 1.807) is 0 Å². The van der Waals surface area contributed by atoms with Crippen molar-refractivity contribution in [2.24, 2.45) is 0 Å². The molecule has 0 fully saturated rings. The van der Waals surface area contributed by atoms with Crippen molar-refractivity contribution in [1.29, 1.82) is 0 Å². The molecule has 0 saturated carbocycles. The minimum absolute atomic E-state index is 0.512. The van der Waals surface area contributed by atoms with Crippen LogP contribution in [0.1, 0.15) is 21.9 Å². The second-order valence-corrected chi connectivity index (χ2v) is 3.47. The molecule has 0 unspecified atom stereocenters. The molecule has 0 spiro atoms. The molecule has 0 aliphatic carbocycles. The first kappa shape index (κ1) is 9.86. The molecule has 2 aromatic heterocycles. The maximum atomic E-state index is 10.9. The Morgan fingerprint density at radius 3 is 3.07 bits per heavy atom. The summed E-state index contributed by atoms with van der Waals surface area (Å²) in [7, 11) is 1.86. The van der Waals surface area contributed by atoms with Crippen LogP contribution in [0.4, 0.5) is 0 Å². The number of aldehydes is 1. The molecule has 15 heavy (non-hydrogen) atoms. The molecule has 4 heteroatoms. The molecular formula is C11H13N3O. The Morgan fingerprint density at radius 2 is 2.40 bits per heavy atom. The topological polar surface area (TPSA) is 46.4 Å².